The van der Waals surface area contributed by atoms with Gasteiger partial charge in [-0.05, 0) is 53.6 Å². The lowest BCUT2D eigenvalue weighted by molar-refractivity contribution is -0.123. The van der Waals surface area contributed by atoms with Gasteiger partial charge in [-0.3, -0.25) is 19.3 Å². The Morgan fingerprint density at radius 2 is 1.65 bits per heavy atom. The third-order valence-corrected chi connectivity index (χ3v) is 6.18. The predicted octanol–water partition coefficient (Wildman–Crippen LogP) is 4.91. The number of hydrogen-bond donors (Lipinski definition) is 3. The number of hydrogen-bond acceptors (Lipinski definition) is 6. The number of phenolic OH excluding ortho intramolecular Hbond substituents is 2. The van der Waals surface area contributed by atoms with Crippen molar-refractivity contribution in [3.63, 3.8) is 0 Å². The average molecular weight is 475 g/mol. The maximum absolute atomic E-state index is 12.7. The summed E-state index contributed by atoms with van der Waals surface area (Å²) in [5, 5.41) is 22.0. The molecule has 0 saturated carbocycles. The van der Waals surface area contributed by atoms with Crippen LogP contribution in [0.25, 0.3) is 6.08 Å². The lowest BCUT2D eigenvalue weighted by atomic mass is 10.1. The van der Waals surface area contributed by atoms with Crippen LogP contribution in [0.2, 0.25) is 0 Å². The molecule has 0 unspecified atom stereocenters. The average Bonchev–Trinajstić information content (AvgIpc) is 3.10. The highest BCUT2D eigenvalue weighted by Crippen LogP contribution is 2.36. The number of aryl methyl sites for hydroxylation is 1. The molecule has 0 radical (unpaired) electrons. The number of carbonyl (C=O) groups excluding carboxylic acids is 3. The van der Waals surface area contributed by atoms with Gasteiger partial charge in [-0.15, -0.1) is 0 Å². The molecule has 0 spiro atoms. The number of thioether (sulfide) groups is 1. The summed E-state index contributed by atoms with van der Waals surface area (Å²) in [6.45, 7) is 0.0796. The van der Waals surface area contributed by atoms with Gasteiger partial charge in [0.1, 0.15) is 0 Å². The smallest absolute Gasteiger partial charge is 0.293 e. The Bertz CT molecular complexity index is 1260. The van der Waals surface area contributed by atoms with Crippen molar-refractivity contribution in [2.75, 3.05) is 5.32 Å². The van der Waals surface area contributed by atoms with Gasteiger partial charge in [0.2, 0.25) is 5.91 Å². The number of aromatic hydroxyl groups is 2. The van der Waals surface area contributed by atoms with Crippen molar-refractivity contribution in [1.82, 2.24) is 4.90 Å². The Morgan fingerprint density at radius 3 is 2.38 bits per heavy atom. The van der Waals surface area contributed by atoms with Crippen molar-refractivity contribution in [3.05, 3.63) is 94.4 Å². The molecular weight excluding hydrogens is 452 g/mol. The number of rotatable bonds is 7. The fourth-order valence-corrected chi connectivity index (χ4v) is 4.27. The minimum atomic E-state index is -0.476. The molecule has 1 aliphatic heterocycles. The summed E-state index contributed by atoms with van der Waals surface area (Å²) < 4.78 is 0. The molecule has 4 rings (SSSR count). The standard InChI is InChI=1S/C26H22N2O5S/c29-21-8-4-7-19(24(21)31)15-22-25(32)28(26(33)34-22)16-18-9-12-20(13-10-18)27-23(30)14-11-17-5-2-1-3-6-17/h1-10,12-13,15,29,31H,11,14,16H2,(H,27,30)/b22-15-. The number of amides is 3. The van der Waals surface area contributed by atoms with E-state index in [1.165, 1.54) is 24.3 Å². The second kappa shape index (κ2) is 10.3. The molecule has 0 aromatic heterocycles. The number of carbonyl (C=O) groups is 3. The quantitative estimate of drug-likeness (QED) is 0.332. The molecule has 1 aliphatic rings. The summed E-state index contributed by atoms with van der Waals surface area (Å²) in [4.78, 5) is 38.6. The Kier molecular flexibility index (Phi) is 6.98. The maximum Gasteiger partial charge on any atom is 0.293 e. The molecule has 0 aliphatic carbocycles. The summed E-state index contributed by atoms with van der Waals surface area (Å²) in [6.07, 6.45) is 2.40. The summed E-state index contributed by atoms with van der Waals surface area (Å²) in [5.74, 6) is -1.23. The normalized spacial score (nSPS) is 14.6. The van der Waals surface area contributed by atoms with Crippen LogP contribution in [0.5, 0.6) is 11.5 Å². The third kappa shape index (κ3) is 5.47. The molecule has 0 atom stereocenters. The van der Waals surface area contributed by atoms with Crippen molar-refractivity contribution < 1.29 is 24.6 Å². The zero-order valence-corrected chi connectivity index (χ0v) is 18.9. The third-order valence-electron chi connectivity index (χ3n) is 5.27. The Hall–Kier alpha value is -4.04. The van der Waals surface area contributed by atoms with Gasteiger partial charge in [-0.2, -0.15) is 0 Å². The number of phenols is 2. The predicted molar refractivity (Wildman–Crippen MR) is 131 cm³/mol. The second-order valence-electron chi connectivity index (χ2n) is 7.71. The molecular formula is C26H22N2O5S. The molecule has 3 aromatic carbocycles. The molecule has 7 nitrogen and oxygen atoms in total. The van der Waals surface area contributed by atoms with Gasteiger partial charge in [-0.25, -0.2) is 0 Å². The van der Waals surface area contributed by atoms with E-state index in [1.54, 1.807) is 24.3 Å². The fourth-order valence-electron chi connectivity index (χ4n) is 3.44. The van der Waals surface area contributed by atoms with E-state index in [0.717, 1.165) is 27.8 Å². The van der Waals surface area contributed by atoms with Crippen LogP contribution in [-0.4, -0.2) is 32.2 Å². The molecule has 1 heterocycles. The van der Waals surface area contributed by atoms with Gasteiger partial charge in [0, 0.05) is 17.7 Å². The van der Waals surface area contributed by atoms with Crippen molar-refractivity contribution in [2.24, 2.45) is 0 Å². The summed E-state index contributed by atoms with van der Waals surface area (Å²) in [5.41, 5.74) is 2.71. The summed E-state index contributed by atoms with van der Waals surface area (Å²) in [7, 11) is 0. The van der Waals surface area contributed by atoms with E-state index in [1.807, 2.05) is 30.3 Å². The molecule has 34 heavy (non-hydrogen) atoms. The first-order valence-electron chi connectivity index (χ1n) is 10.6. The Balaban J connectivity index is 1.36. The Morgan fingerprint density at radius 1 is 0.912 bits per heavy atom. The van der Waals surface area contributed by atoms with Gasteiger partial charge >= 0.3 is 0 Å². The van der Waals surface area contributed by atoms with Gasteiger partial charge in [0.15, 0.2) is 11.5 Å². The van der Waals surface area contributed by atoms with Gasteiger partial charge in [0.25, 0.3) is 11.1 Å². The van der Waals surface area contributed by atoms with Gasteiger partial charge in [0.05, 0.1) is 11.4 Å². The first-order valence-corrected chi connectivity index (χ1v) is 11.4. The number of nitrogens with zero attached hydrogens (tertiary/aromatic N) is 1. The summed E-state index contributed by atoms with van der Waals surface area (Å²) in [6, 6.07) is 21.1. The Labute approximate surface area is 200 Å². The fraction of sp³-hybridized carbons (Fsp3) is 0.115. The SMILES string of the molecule is O=C(CCc1ccccc1)Nc1ccc(CN2C(=O)S/C(=C\c3cccc(O)c3O)C2=O)cc1. The second-order valence-corrected chi connectivity index (χ2v) is 8.71. The number of anilines is 1. The zero-order chi connectivity index (χ0) is 24.1. The summed E-state index contributed by atoms with van der Waals surface area (Å²) >= 11 is 0.774. The largest absolute Gasteiger partial charge is 0.504 e. The van der Waals surface area contributed by atoms with Crippen molar-refractivity contribution in [1.29, 1.82) is 0 Å². The molecule has 3 aromatic rings. The number of imide groups is 1. The molecule has 8 heteroatoms. The van der Waals surface area contributed by atoms with E-state index < -0.39 is 11.1 Å². The topological polar surface area (TPSA) is 107 Å². The molecule has 3 amide bonds. The van der Waals surface area contributed by atoms with Crippen LogP contribution in [0, 0.1) is 0 Å². The first-order chi connectivity index (χ1) is 16.4. The van der Waals surface area contributed by atoms with Crippen LogP contribution in [0.4, 0.5) is 10.5 Å². The lowest BCUT2D eigenvalue weighted by Gasteiger charge is -2.13. The van der Waals surface area contributed by atoms with Crippen LogP contribution in [0.15, 0.2) is 77.7 Å². The van der Waals surface area contributed by atoms with Crippen LogP contribution in [0.3, 0.4) is 0 Å². The van der Waals surface area contributed by atoms with Crippen LogP contribution < -0.4 is 5.32 Å². The zero-order valence-electron chi connectivity index (χ0n) is 18.1. The van der Waals surface area contributed by atoms with Crippen LogP contribution >= 0.6 is 11.8 Å². The van der Waals surface area contributed by atoms with E-state index in [-0.39, 0.29) is 34.4 Å². The van der Waals surface area contributed by atoms with Crippen molar-refractivity contribution >= 4 is 40.6 Å². The highest BCUT2D eigenvalue weighted by atomic mass is 32.2. The van der Waals surface area contributed by atoms with E-state index in [2.05, 4.69) is 5.32 Å². The van der Waals surface area contributed by atoms with Gasteiger partial charge < -0.3 is 15.5 Å². The molecule has 172 valence electrons. The minimum Gasteiger partial charge on any atom is -0.504 e. The number of benzene rings is 3. The van der Waals surface area contributed by atoms with Crippen LogP contribution in [-0.2, 0) is 22.6 Å². The van der Waals surface area contributed by atoms with Crippen molar-refractivity contribution in [3.8, 4) is 11.5 Å². The minimum absolute atomic E-state index is 0.0796. The van der Waals surface area contributed by atoms with Gasteiger partial charge in [-0.1, -0.05) is 54.6 Å². The molecule has 1 saturated heterocycles. The maximum atomic E-state index is 12.7. The highest BCUT2D eigenvalue weighted by molar-refractivity contribution is 8.18. The van der Waals surface area contributed by atoms with Crippen molar-refractivity contribution in [2.45, 2.75) is 19.4 Å². The molecule has 3 N–H and O–H groups in total. The molecule has 1 fully saturated rings. The van der Waals surface area contributed by atoms with E-state index in [9.17, 15) is 24.6 Å². The number of nitrogens with one attached hydrogen (secondary N) is 1. The monoisotopic (exact) mass is 474 g/mol. The van der Waals surface area contributed by atoms with Crippen LogP contribution in [0.1, 0.15) is 23.1 Å². The van der Waals surface area contributed by atoms with E-state index in [4.69, 9.17) is 0 Å². The van der Waals surface area contributed by atoms with E-state index in [0.29, 0.717) is 18.5 Å². The highest BCUT2D eigenvalue weighted by Gasteiger charge is 2.35. The number of para-hydroxylation sites is 1. The van der Waals surface area contributed by atoms with E-state index >= 15 is 0 Å². The lowest BCUT2D eigenvalue weighted by Crippen LogP contribution is -2.27. The first kappa shape index (κ1) is 23.1. The molecule has 0 bridgehead atoms.